The Bertz CT molecular complexity index is 688. The lowest BCUT2D eigenvalue weighted by Gasteiger charge is -2.29. The summed E-state index contributed by atoms with van der Waals surface area (Å²) in [6.07, 6.45) is 2.48. The second-order valence-electron chi connectivity index (χ2n) is 5.93. The van der Waals surface area contributed by atoms with Crippen molar-refractivity contribution in [2.45, 2.75) is 26.3 Å². The standard InChI is InChI=1S/C15H20FN3S/c1-10-6-14-13(7-12(10)16)17-15(20)19(14)9-11-4-3-5-18(2)8-11/h6-7,11H,3-5,8-9H2,1-2H3,(H,17,20). The van der Waals surface area contributed by atoms with E-state index in [1.165, 1.54) is 19.4 Å². The lowest BCUT2D eigenvalue weighted by Crippen LogP contribution is -2.34. The number of fused-ring (bicyclic) bond motifs is 1. The third-order valence-electron chi connectivity index (χ3n) is 4.22. The summed E-state index contributed by atoms with van der Waals surface area (Å²) in [5, 5.41) is 0. The molecule has 2 heterocycles. The number of aromatic nitrogens is 2. The van der Waals surface area contributed by atoms with Crippen LogP contribution in [0.2, 0.25) is 0 Å². The van der Waals surface area contributed by atoms with Crippen molar-refractivity contribution < 1.29 is 4.39 Å². The van der Waals surface area contributed by atoms with Crippen LogP contribution >= 0.6 is 12.2 Å². The maximum atomic E-state index is 13.6. The van der Waals surface area contributed by atoms with Gasteiger partial charge in [0.2, 0.25) is 0 Å². The van der Waals surface area contributed by atoms with Crippen LogP contribution in [0.1, 0.15) is 18.4 Å². The molecule has 1 saturated heterocycles. The molecule has 108 valence electrons. The monoisotopic (exact) mass is 293 g/mol. The van der Waals surface area contributed by atoms with Gasteiger partial charge in [0.25, 0.3) is 0 Å². The summed E-state index contributed by atoms with van der Waals surface area (Å²) in [5.41, 5.74) is 2.48. The molecule has 1 aromatic carbocycles. The summed E-state index contributed by atoms with van der Waals surface area (Å²) in [6.45, 7) is 4.99. The number of piperidine rings is 1. The number of halogens is 1. The van der Waals surface area contributed by atoms with Gasteiger partial charge in [-0.2, -0.15) is 0 Å². The molecule has 1 atom stereocenters. The fourth-order valence-corrected chi connectivity index (χ4v) is 3.43. The van der Waals surface area contributed by atoms with E-state index in [4.69, 9.17) is 12.2 Å². The molecule has 0 amide bonds. The third-order valence-corrected chi connectivity index (χ3v) is 4.54. The van der Waals surface area contributed by atoms with Gasteiger partial charge in [-0.3, -0.25) is 0 Å². The van der Waals surface area contributed by atoms with E-state index >= 15 is 0 Å². The Morgan fingerprint density at radius 1 is 1.45 bits per heavy atom. The largest absolute Gasteiger partial charge is 0.330 e. The van der Waals surface area contributed by atoms with Crippen molar-refractivity contribution in [3.63, 3.8) is 0 Å². The van der Waals surface area contributed by atoms with Gasteiger partial charge in [0, 0.05) is 13.1 Å². The first-order valence-electron chi connectivity index (χ1n) is 7.12. The van der Waals surface area contributed by atoms with Gasteiger partial charge in [-0.1, -0.05) is 0 Å². The van der Waals surface area contributed by atoms with Gasteiger partial charge in [0.15, 0.2) is 4.77 Å². The Kier molecular flexibility index (Phi) is 3.65. The molecular weight excluding hydrogens is 273 g/mol. The number of rotatable bonds is 2. The zero-order valence-corrected chi connectivity index (χ0v) is 12.8. The van der Waals surface area contributed by atoms with Gasteiger partial charge in [0.05, 0.1) is 11.0 Å². The molecule has 5 heteroatoms. The average molecular weight is 293 g/mol. The number of hydrogen-bond donors (Lipinski definition) is 1. The molecule has 20 heavy (non-hydrogen) atoms. The van der Waals surface area contributed by atoms with Crippen LogP contribution in [0.4, 0.5) is 4.39 Å². The van der Waals surface area contributed by atoms with Gasteiger partial charge in [0.1, 0.15) is 5.82 Å². The van der Waals surface area contributed by atoms with Gasteiger partial charge in [-0.15, -0.1) is 0 Å². The molecular formula is C15H20FN3S. The van der Waals surface area contributed by atoms with E-state index in [1.54, 1.807) is 13.0 Å². The molecule has 3 nitrogen and oxygen atoms in total. The van der Waals surface area contributed by atoms with Crippen LogP contribution in [0.25, 0.3) is 11.0 Å². The molecule has 1 aliphatic heterocycles. The number of nitrogens with zero attached hydrogens (tertiary/aromatic N) is 2. The number of likely N-dealkylation sites (tertiary alicyclic amines) is 1. The summed E-state index contributed by atoms with van der Waals surface area (Å²) in [4.78, 5) is 5.49. The number of imidazole rings is 1. The van der Waals surface area contributed by atoms with Gasteiger partial charge in [-0.05, 0) is 69.2 Å². The first kappa shape index (κ1) is 13.8. The Morgan fingerprint density at radius 3 is 3.00 bits per heavy atom. The van der Waals surface area contributed by atoms with Crippen molar-refractivity contribution in [1.82, 2.24) is 14.5 Å². The lowest BCUT2D eigenvalue weighted by atomic mass is 9.98. The molecule has 1 unspecified atom stereocenters. The number of benzene rings is 1. The summed E-state index contributed by atoms with van der Waals surface area (Å²) >= 11 is 5.41. The van der Waals surface area contributed by atoms with E-state index in [2.05, 4.69) is 21.5 Å². The molecule has 0 aliphatic carbocycles. The summed E-state index contributed by atoms with van der Waals surface area (Å²) < 4.78 is 16.4. The molecule has 0 saturated carbocycles. The topological polar surface area (TPSA) is 24.0 Å². The van der Waals surface area contributed by atoms with E-state index in [0.717, 1.165) is 24.1 Å². The van der Waals surface area contributed by atoms with Gasteiger partial charge in [-0.25, -0.2) is 4.39 Å². The smallest absolute Gasteiger partial charge is 0.178 e. The second-order valence-corrected chi connectivity index (χ2v) is 6.32. The molecule has 1 N–H and O–H groups in total. The van der Waals surface area contributed by atoms with Crippen LogP contribution in [0.15, 0.2) is 12.1 Å². The fraction of sp³-hybridized carbons (Fsp3) is 0.533. The number of aromatic amines is 1. The highest BCUT2D eigenvalue weighted by Crippen LogP contribution is 2.23. The van der Waals surface area contributed by atoms with Crippen molar-refractivity contribution in [2.75, 3.05) is 20.1 Å². The minimum atomic E-state index is -0.182. The van der Waals surface area contributed by atoms with Crippen molar-refractivity contribution in [3.8, 4) is 0 Å². The summed E-state index contributed by atoms with van der Waals surface area (Å²) in [6, 6.07) is 3.44. The van der Waals surface area contributed by atoms with Crippen molar-refractivity contribution in [3.05, 3.63) is 28.3 Å². The normalized spacial score (nSPS) is 20.6. The fourth-order valence-electron chi connectivity index (χ4n) is 3.14. The van der Waals surface area contributed by atoms with Crippen LogP contribution in [0, 0.1) is 23.4 Å². The van der Waals surface area contributed by atoms with Crippen molar-refractivity contribution in [1.29, 1.82) is 0 Å². The predicted molar refractivity (Wildman–Crippen MR) is 82.0 cm³/mol. The number of aryl methyl sites for hydroxylation is 1. The van der Waals surface area contributed by atoms with Crippen LogP contribution in [0.3, 0.4) is 0 Å². The van der Waals surface area contributed by atoms with E-state index < -0.39 is 0 Å². The van der Waals surface area contributed by atoms with Crippen molar-refractivity contribution in [2.24, 2.45) is 5.92 Å². The van der Waals surface area contributed by atoms with Crippen molar-refractivity contribution >= 4 is 23.3 Å². The number of H-pyrrole nitrogens is 1. The predicted octanol–water partition coefficient (Wildman–Crippen LogP) is 3.49. The number of nitrogens with one attached hydrogen (secondary N) is 1. The Balaban J connectivity index is 1.96. The van der Waals surface area contributed by atoms with E-state index in [9.17, 15) is 4.39 Å². The minimum absolute atomic E-state index is 0.182. The maximum absolute atomic E-state index is 13.6. The van der Waals surface area contributed by atoms with Crippen LogP contribution in [0.5, 0.6) is 0 Å². The van der Waals surface area contributed by atoms with E-state index in [-0.39, 0.29) is 5.82 Å². The Hall–Kier alpha value is -1.20. The van der Waals surface area contributed by atoms with Crippen LogP contribution in [-0.2, 0) is 6.54 Å². The zero-order chi connectivity index (χ0) is 14.3. The SMILES string of the molecule is Cc1cc2c(cc1F)[nH]c(=S)n2CC1CCCN(C)C1. The molecule has 1 aliphatic rings. The lowest BCUT2D eigenvalue weighted by molar-refractivity contribution is 0.195. The Labute approximate surface area is 123 Å². The highest BCUT2D eigenvalue weighted by Gasteiger charge is 2.19. The molecule has 3 rings (SSSR count). The Morgan fingerprint density at radius 2 is 2.25 bits per heavy atom. The summed E-state index contributed by atoms with van der Waals surface area (Å²) in [7, 11) is 2.17. The molecule has 0 radical (unpaired) electrons. The number of hydrogen-bond acceptors (Lipinski definition) is 2. The highest BCUT2D eigenvalue weighted by atomic mass is 32.1. The first-order chi connectivity index (χ1) is 9.54. The second kappa shape index (κ2) is 5.30. The average Bonchev–Trinajstić information content (AvgIpc) is 2.67. The maximum Gasteiger partial charge on any atom is 0.178 e. The van der Waals surface area contributed by atoms with Gasteiger partial charge < -0.3 is 14.5 Å². The zero-order valence-electron chi connectivity index (χ0n) is 11.9. The minimum Gasteiger partial charge on any atom is -0.330 e. The summed E-state index contributed by atoms with van der Waals surface area (Å²) in [5.74, 6) is 0.433. The molecule has 2 aromatic rings. The highest BCUT2D eigenvalue weighted by molar-refractivity contribution is 7.71. The van der Waals surface area contributed by atoms with Crippen LogP contribution < -0.4 is 0 Å². The van der Waals surface area contributed by atoms with Crippen LogP contribution in [-0.4, -0.2) is 34.6 Å². The molecule has 1 fully saturated rings. The van der Waals surface area contributed by atoms with E-state index in [0.29, 0.717) is 16.3 Å². The van der Waals surface area contributed by atoms with E-state index in [1.807, 2.05) is 6.07 Å². The first-order valence-corrected chi connectivity index (χ1v) is 7.52. The molecule has 1 aromatic heterocycles. The third kappa shape index (κ3) is 2.52. The quantitative estimate of drug-likeness (QED) is 0.857. The molecule has 0 spiro atoms. The molecule has 0 bridgehead atoms. The van der Waals surface area contributed by atoms with Gasteiger partial charge >= 0.3 is 0 Å².